The molecule has 2 aromatic carbocycles. The second-order valence-corrected chi connectivity index (χ2v) is 7.25. The van der Waals surface area contributed by atoms with E-state index in [9.17, 15) is 0 Å². The van der Waals surface area contributed by atoms with Crippen LogP contribution in [0.15, 0.2) is 52.4 Å². The molecule has 0 amide bonds. The number of anilines is 2. The molecule has 3 N–H and O–H groups in total. The van der Waals surface area contributed by atoms with Gasteiger partial charge in [-0.2, -0.15) is 0 Å². The van der Waals surface area contributed by atoms with Crippen LogP contribution in [0.25, 0.3) is 10.2 Å². The third kappa shape index (κ3) is 4.06. The summed E-state index contributed by atoms with van der Waals surface area (Å²) in [5, 5.41) is 10.9. The molecule has 0 saturated heterocycles. The van der Waals surface area contributed by atoms with Gasteiger partial charge in [0.2, 0.25) is 0 Å². The smallest absolute Gasteiger partial charge is 0.188 e. The minimum Gasteiger partial charge on any atom is -0.368 e. The molecule has 146 valence electrons. The van der Waals surface area contributed by atoms with Crippen molar-refractivity contribution in [2.75, 3.05) is 31.5 Å². The van der Waals surface area contributed by atoms with Gasteiger partial charge in [0, 0.05) is 29.9 Å². The molecule has 1 aromatic heterocycles. The maximum absolute atomic E-state index is 4.69. The fourth-order valence-corrected chi connectivity index (χ4v) is 4.07. The number of nitrogens with one attached hydrogen (secondary N) is 3. The summed E-state index contributed by atoms with van der Waals surface area (Å²) in [7, 11) is 0. The largest absolute Gasteiger partial charge is 0.368 e. The van der Waals surface area contributed by atoms with Gasteiger partial charge in [-0.05, 0) is 42.5 Å². The number of hydrogen-bond acceptors (Lipinski definition) is 7. The van der Waals surface area contributed by atoms with E-state index in [4.69, 9.17) is 0 Å². The van der Waals surface area contributed by atoms with Gasteiger partial charge in [-0.15, -0.1) is 24.8 Å². The van der Waals surface area contributed by atoms with Crippen LogP contribution in [0.3, 0.4) is 0 Å². The van der Waals surface area contributed by atoms with Crippen molar-refractivity contribution in [3.05, 3.63) is 53.6 Å². The lowest BCUT2D eigenvalue weighted by Gasteiger charge is -2.05. The Kier molecular flexibility index (Phi) is 6.39. The molecular weight excluding hydrogens is 415 g/mol. The van der Waals surface area contributed by atoms with Crippen LogP contribution < -0.4 is 16.0 Å². The average molecular weight is 435 g/mol. The second kappa shape index (κ2) is 8.77. The predicted octanol–water partition coefficient (Wildman–Crippen LogP) is 3.58. The van der Waals surface area contributed by atoms with Gasteiger partial charge in [0.15, 0.2) is 5.13 Å². The van der Waals surface area contributed by atoms with E-state index in [-0.39, 0.29) is 24.8 Å². The van der Waals surface area contributed by atoms with Crippen molar-refractivity contribution in [1.82, 2.24) is 15.6 Å². The van der Waals surface area contributed by atoms with Crippen LogP contribution in [0.5, 0.6) is 0 Å². The highest BCUT2D eigenvalue weighted by Crippen LogP contribution is 2.29. The summed E-state index contributed by atoms with van der Waals surface area (Å²) in [5.41, 5.74) is 4.26. The molecule has 0 unspecified atom stereocenters. The Morgan fingerprint density at radius 1 is 0.821 bits per heavy atom. The number of amidine groups is 2. The van der Waals surface area contributed by atoms with E-state index in [1.807, 2.05) is 0 Å². The quantitative estimate of drug-likeness (QED) is 0.586. The number of fused-ring (bicyclic) bond motifs is 1. The van der Waals surface area contributed by atoms with Crippen molar-refractivity contribution in [2.45, 2.75) is 0 Å². The Morgan fingerprint density at radius 3 is 2.11 bits per heavy atom. The van der Waals surface area contributed by atoms with Crippen LogP contribution in [-0.2, 0) is 0 Å². The molecule has 2 aliphatic heterocycles. The number of nitrogens with zero attached hydrogens (tertiary/aromatic N) is 3. The fourth-order valence-electron chi connectivity index (χ4n) is 3.14. The first kappa shape index (κ1) is 20.4. The zero-order valence-electron chi connectivity index (χ0n) is 14.9. The maximum Gasteiger partial charge on any atom is 0.188 e. The molecule has 0 fully saturated rings. The summed E-state index contributed by atoms with van der Waals surface area (Å²) in [6.07, 6.45) is 0. The van der Waals surface area contributed by atoms with Crippen LogP contribution in [0.2, 0.25) is 0 Å². The maximum atomic E-state index is 4.69. The first-order chi connectivity index (χ1) is 12.8. The van der Waals surface area contributed by atoms with Gasteiger partial charge in [0.05, 0.1) is 23.3 Å². The molecule has 0 radical (unpaired) electrons. The first-order valence-electron chi connectivity index (χ1n) is 8.70. The molecule has 28 heavy (non-hydrogen) atoms. The van der Waals surface area contributed by atoms with E-state index < -0.39 is 0 Å². The van der Waals surface area contributed by atoms with E-state index in [1.165, 1.54) is 0 Å². The normalized spacial score (nSPS) is 15.0. The summed E-state index contributed by atoms with van der Waals surface area (Å²) in [6.45, 7) is 3.54. The molecule has 5 rings (SSSR count). The highest BCUT2D eigenvalue weighted by atomic mass is 35.5. The van der Waals surface area contributed by atoms with Crippen LogP contribution in [0.4, 0.5) is 10.8 Å². The van der Waals surface area contributed by atoms with Gasteiger partial charge in [0.25, 0.3) is 0 Å². The molecule has 9 heteroatoms. The zero-order chi connectivity index (χ0) is 17.3. The number of aromatic nitrogens is 1. The van der Waals surface area contributed by atoms with E-state index in [0.29, 0.717) is 0 Å². The van der Waals surface area contributed by atoms with Gasteiger partial charge in [-0.25, -0.2) is 4.98 Å². The summed E-state index contributed by atoms with van der Waals surface area (Å²) in [5.74, 6) is 1.96. The van der Waals surface area contributed by atoms with Crippen molar-refractivity contribution in [1.29, 1.82) is 0 Å². The number of rotatable bonds is 4. The van der Waals surface area contributed by atoms with Crippen molar-refractivity contribution >= 4 is 68.9 Å². The van der Waals surface area contributed by atoms with Gasteiger partial charge in [-0.1, -0.05) is 11.3 Å². The Balaban J connectivity index is 0.00000112. The van der Waals surface area contributed by atoms with Gasteiger partial charge in [0.1, 0.15) is 11.7 Å². The monoisotopic (exact) mass is 434 g/mol. The molecule has 3 aromatic rings. The Hall–Kier alpha value is -2.35. The summed E-state index contributed by atoms with van der Waals surface area (Å²) >= 11 is 1.65. The Morgan fingerprint density at radius 2 is 1.46 bits per heavy atom. The highest BCUT2D eigenvalue weighted by Gasteiger charge is 2.11. The van der Waals surface area contributed by atoms with E-state index >= 15 is 0 Å². The Bertz CT molecular complexity index is 1030. The predicted molar refractivity (Wildman–Crippen MR) is 123 cm³/mol. The van der Waals surface area contributed by atoms with Crippen molar-refractivity contribution in [2.24, 2.45) is 9.98 Å². The van der Waals surface area contributed by atoms with Crippen LogP contribution in [0.1, 0.15) is 11.1 Å². The minimum atomic E-state index is 0. The van der Waals surface area contributed by atoms with E-state index in [2.05, 4.69) is 73.4 Å². The van der Waals surface area contributed by atoms with Gasteiger partial charge < -0.3 is 16.0 Å². The average Bonchev–Trinajstić information content (AvgIpc) is 3.42. The number of halogens is 2. The van der Waals surface area contributed by atoms with Crippen molar-refractivity contribution < 1.29 is 0 Å². The molecule has 0 atom stereocenters. The van der Waals surface area contributed by atoms with Crippen LogP contribution in [-0.4, -0.2) is 42.8 Å². The number of hydrogen-bond donors (Lipinski definition) is 3. The fraction of sp³-hybridized carbons (Fsp3) is 0.211. The summed E-state index contributed by atoms with van der Waals surface area (Å²) in [4.78, 5) is 13.6. The second-order valence-electron chi connectivity index (χ2n) is 6.22. The third-order valence-corrected chi connectivity index (χ3v) is 5.35. The molecule has 0 spiro atoms. The van der Waals surface area contributed by atoms with Crippen LogP contribution in [0, 0.1) is 0 Å². The van der Waals surface area contributed by atoms with Crippen molar-refractivity contribution in [3.8, 4) is 0 Å². The summed E-state index contributed by atoms with van der Waals surface area (Å²) in [6, 6.07) is 14.6. The van der Waals surface area contributed by atoms with Crippen LogP contribution >= 0.6 is 36.2 Å². The molecule has 2 aliphatic rings. The molecule has 6 nitrogen and oxygen atoms in total. The van der Waals surface area contributed by atoms with E-state index in [1.54, 1.807) is 11.3 Å². The Labute approximate surface area is 179 Å². The van der Waals surface area contributed by atoms with Gasteiger partial charge in [-0.3, -0.25) is 9.98 Å². The third-order valence-electron chi connectivity index (χ3n) is 4.42. The SMILES string of the molecule is Cl.Cl.c1cc(C2=NCCN2)ccc1Nc1nc2ccc(C3=NCCN3)cc2s1. The molecule has 0 saturated carbocycles. The van der Waals surface area contributed by atoms with Gasteiger partial charge >= 0.3 is 0 Å². The minimum absolute atomic E-state index is 0. The lowest BCUT2D eigenvalue weighted by molar-refractivity contribution is 0.960. The molecular formula is C19H20Cl2N6S. The summed E-state index contributed by atoms with van der Waals surface area (Å²) < 4.78 is 1.16. The van der Waals surface area contributed by atoms with E-state index in [0.717, 1.165) is 70.0 Å². The standard InChI is InChI=1S/C19H18N6S.2ClH/c1-4-14(5-2-12(1)17-20-7-8-21-17)24-19-25-15-6-3-13(11-16(15)26-19)18-22-9-10-23-18;;/h1-6,11H,7-10H2,(H,20,21)(H,22,23)(H,24,25);2*1H. The molecule has 3 heterocycles. The lowest BCUT2D eigenvalue weighted by atomic mass is 10.2. The lowest BCUT2D eigenvalue weighted by Crippen LogP contribution is -2.19. The molecule has 0 bridgehead atoms. The topological polar surface area (TPSA) is 73.7 Å². The number of thiazole rings is 1. The first-order valence-corrected chi connectivity index (χ1v) is 9.52. The highest BCUT2D eigenvalue weighted by molar-refractivity contribution is 7.22. The zero-order valence-corrected chi connectivity index (χ0v) is 17.4. The van der Waals surface area contributed by atoms with Crippen molar-refractivity contribution in [3.63, 3.8) is 0 Å². The number of benzene rings is 2. The number of aliphatic imine (C=N–C) groups is 2. The molecule has 0 aliphatic carbocycles.